The quantitative estimate of drug-likeness (QED) is 0.878. The zero-order valence-corrected chi connectivity index (χ0v) is 13.1. The highest BCUT2D eigenvalue weighted by molar-refractivity contribution is 5.91. The zero-order valence-electron chi connectivity index (χ0n) is 13.1. The largest absolute Gasteiger partial charge is 0.339 e. The van der Waals surface area contributed by atoms with E-state index in [9.17, 15) is 4.79 Å². The summed E-state index contributed by atoms with van der Waals surface area (Å²) in [6.07, 6.45) is 5.12. The lowest BCUT2D eigenvalue weighted by molar-refractivity contribution is -0.134. The van der Waals surface area contributed by atoms with Gasteiger partial charge >= 0.3 is 0 Å². The third-order valence-electron chi connectivity index (χ3n) is 5.53. The van der Waals surface area contributed by atoms with Crippen LogP contribution < -0.4 is 11.1 Å². The minimum absolute atomic E-state index is 0.00965. The Kier molecular flexibility index (Phi) is 3.27. The maximum Gasteiger partial charge on any atom is 0.233 e. The second-order valence-corrected chi connectivity index (χ2v) is 7.32. The van der Waals surface area contributed by atoms with Crippen molar-refractivity contribution in [1.82, 2.24) is 10.2 Å². The molecule has 1 heterocycles. The summed E-state index contributed by atoms with van der Waals surface area (Å²) in [5, 5.41) is 3.32. The molecular weight excluding hydrogens is 274 g/mol. The van der Waals surface area contributed by atoms with Gasteiger partial charge in [0.1, 0.15) is 0 Å². The van der Waals surface area contributed by atoms with Crippen molar-refractivity contribution in [3.8, 4) is 0 Å². The van der Waals surface area contributed by atoms with Crippen LogP contribution in [-0.2, 0) is 16.6 Å². The summed E-state index contributed by atoms with van der Waals surface area (Å²) in [7, 11) is 0. The minimum atomic E-state index is -0.251. The van der Waals surface area contributed by atoms with Crippen LogP contribution in [-0.4, -0.2) is 42.5 Å². The second kappa shape index (κ2) is 5.07. The summed E-state index contributed by atoms with van der Waals surface area (Å²) in [5.41, 5.74) is 8.61. The number of nitrogens with one attached hydrogen (secondary N) is 1. The molecule has 0 unspecified atom stereocenters. The molecule has 1 aromatic rings. The molecule has 4 heteroatoms. The fourth-order valence-corrected chi connectivity index (χ4v) is 3.75. The van der Waals surface area contributed by atoms with Gasteiger partial charge in [-0.25, -0.2) is 0 Å². The normalized spacial score (nSPS) is 24.9. The van der Waals surface area contributed by atoms with E-state index in [0.717, 1.165) is 58.3 Å². The third kappa shape index (κ3) is 2.44. The molecule has 4 rings (SSSR count). The molecule has 1 aromatic carbocycles. The van der Waals surface area contributed by atoms with Crippen molar-refractivity contribution in [3.63, 3.8) is 0 Å². The van der Waals surface area contributed by atoms with Gasteiger partial charge in [-0.05, 0) is 43.2 Å². The zero-order chi connectivity index (χ0) is 15.2. The summed E-state index contributed by atoms with van der Waals surface area (Å²) in [6.45, 7) is 3.50. The van der Waals surface area contributed by atoms with E-state index in [-0.39, 0.29) is 11.0 Å². The fourth-order valence-electron chi connectivity index (χ4n) is 3.75. The van der Waals surface area contributed by atoms with Crippen molar-refractivity contribution in [1.29, 1.82) is 0 Å². The van der Waals surface area contributed by atoms with E-state index in [1.54, 1.807) is 0 Å². The molecule has 1 amide bonds. The van der Waals surface area contributed by atoms with E-state index in [1.807, 2.05) is 0 Å². The lowest BCUT2D eigenvalue weighted by atomic mass is 9.87. The van der Waals surface area contributed by atoms with Gasteiger partial charge in [0, 0.05) is 31.7 Å². The van der Waals surface area contributed by atoms with Gasteiger partial charge in [0.2, 0.25) is 5.91 Å². The molecular formula is C18H25N3O. The second-order valence-electron chi connectivity index (χ2n) is 7.32. The summed E-state index contributed by atoms with van der Waals surface area (Å²) in [6, 6.07) is 8.48. The van der Waals surface area contributed by atoms with Crippen LogP contribution in [0.5, 0.6) is 0 Å². The van der Waals surface area contributed by atoms with E-state index >= 15 is 0 Å². The first-order valence-electron chi connectivity index (χ1n) is 8.50. The van der Waals surface area contributed by atoms with E-state index in [1.165, 1.54) is 11.1 Å². The smallest absolute Gasteiger partial charge is 0.233 e. The van der Waals surface area contributed by atoms with E-state index < -0.39 is 0 Å². The first-order chi connectivity index (χ1) is 10.6. The predicted octanol–water partition coefficient (Wildman–Crippen LogP) is 1.18. The lowest BCUT2D eigenvalue weighted by Gasteiger charge is -2.32. The molecule has 118 valence electrons. The average molecular weight is 299 g/mol. The molecule has 0 atom stereocenters. The van der Waals surface area contributed by atoms with Crippen LogP contribution in [0.15, 0.2) is 24.3 Å². The van der Waals surface area contributed by atoms with Gasteiger partial charge in [0.15, 0.2) is 0 Å². The summed E-state index contributed by atoms with van der Waals surface area (Å²) < 4.78 is 0. The molecule has 0 bridgehead atoms. The van der Waals surface area contributed by atoms with E-state index in [0.29, 0.717) is 5.91 Å². The molecule has 3 aliphatic rings. The highest BCUT2D eigenvalue weighted by atomic mass is 16.2. The van der Waals surface area contributed by atoms with Crippen LogP contribution in [0.25, 0.3) is 0 Å². The molecule has 4 nitrogen and oxygen atoms in total. The van der Waals surface area contributed by atoms with Crippen LogP contribution in [0.4, 0.5) is 0 Å². The standard InChI is InChI=1S/C18H25N3O/c19-17(5-6-17)13-14-3-1-2-4-15(14)18(7-8-18)16(22)21-11-9-20-10-12-21/h1-4,20H,5-13,19H2. The molecule has 1 aliphatic heterocycles. The van der Waals surface area contributed by atoms with Crippen molar-refractivity contribution < 1.29 is 4.79 Å². The van der Waals surface area contributed by atoms with Crippen molar-refractivity contribution in [2.75, 3.05) is 26.2 Å². The van der Waals surface area contributed by atoms with Gasteiger partial charge in [0.05, 0.1) is 5.41 Å². The number of hydrogen-bond donors (Lipinski definition) is 2. The Bertz CT molecular complexity index is 584. The van der Waals surface area contributed by atoms with E-state index in [4.69, 9.17) is 5.73 Å². The number of hydrogen-bond acceptors (Lipinski definition) is 3. The molecule has 0 aromatic heterocycles. The Balaban J connectivity index is 1.61. The monoisotopic (exact) mass is 299 g/mol. The number of rotatable bonds is 4. The number of carbonyl (C=O) groups excluding carboxylic acids is 1. The Labute approximate surface area is 132 Å². The summed E-state index contributed by atoms with van der Waals surface area (Å²) >= 11 is 0. The minimum Gasteiger partial charge on any atom is -0.339 e. The van der Waals surface area contributed by atoms with Crippen molar-refractivity contribution in [3.05, 3.63) is 35.4 Å². The van der Waals surface area contributed by atoms with Gasteiger partial charge in [-0.1, -0.05) is 24.3 Å². The van der Waals surface area contributed by atoms with Gasteiger partial charge in [-0.3, -0.25) is 4.79 Å². The SMILES string of the molecule is NC1(Cc2ccccc2C2(C(=O)N3CCNCC3)CC2)CC1. The maximum absolute atomic E-state index is 13.1. The van der Waals surface area contributed by atoms with Crippen LogP contribution in [0.1, 0.15) is 36.8 Å². The van der Waals surface area contributed by atoms with Gasteiger partial charge < -0.3 is 16.0 Å². The Morgan fingerprint density at radius 1 is 1.14 bits per heavy atom. The highest BCUT2D eigenvalue weighted by Crippen LogP contribution is 2.51. The van der Waals surface area contributed by atoms with Crippen molar-refractivity contribution >= 4 is 5.91 Å². The molecule has 2 saturated carbocycles. The molecule has 0 radical (unpaired) electrons. The van der Waals surface area contributed by atoms with Gasteiger partial charge in [0.25, 0.3) is 0 Å². The summed E-state index contributed by atoms with van der Waals surface area (Å²) in [4.78, 5) is 15.1. The molecule has 22 heavy (non-hydrogen) atoms. The first kappa shape index (κ1) is 14.2. The highest BCUT2D eigenvalue weighted by Gasteiger charge is 2.54. The topological polar surface area (TPSA) is 58.4 Å². The Morgan fingerprint density at radius 3 is 2.45 bits per heavy atom. The number of benzene rings is 1. The molecule has 0 spiro atoms. The predicted molar refractivity (Wildman–Crippen MR) is 86.7 cm³/mol. The van der Waals surface area contributed by atoms with Crippen LogP contribution in [0.3, 0.4) is 0 Å². The molecule has 1 saturated heterocycles. The van der Waals surface area contributed by atoms with Crippen LogP contribution in [0.2, 0.25) is 0 Å². The first-order valence-corrected chi connectivity index (χ1v) is 8.50. The molecule has 3 N–H and O–H groups in total. The number of piperazine rings is 1. The van der Waals surface area contributed by atoms with Crippen LogP contribution >= 0.6 is 0 Å². The lowest BCUT2D eigenvalue weighted by Crippen LogP contribution is -2.50. The number of amides is 1. The number of carbonyl (C=O) groups is 1. The maximum atomic E-state index is 13.1. The Hall–Kier alpha value is -1.39. The van der Waals surface area contributed by atoms with Crippen molar-refractivity contribution in [2.24, 2.45) is 5.73 Å². The number of nitrogens with two attached hydrogens (primary N) is 1. The molecule has 2 aliphatic carbocycles. The summed E-state index contributed by atoms with van der Waals surface area (Å²) in [5.74, 6) is 0.336. The number of nitrogens with zero attached hydrogens (tertiary/aromatic N) is 1. The average Bonchev–Trinajstić information content (AvgIpc) is 3.46. The Morgan fingerprint density at radius 2 is 1.82 bits per heavy atom. The van der Waals surface area contributed by atoms with E-state index in [2.05, 4.69) is 34.5 Å². The van der Waals surface area contributed by atoms with Gasteiger partial charge in [-0.15, -0.1) is 0 Å². The third-order valence-corrected chi connectivity index (χ3v) is 5.53. The molecule has 3 fully saturated rings. The fraction of sp³-hybridized carbons (Fsp3) is 0.611. The van der Waals surface area contributed by atoms with Gasteiger partial charge in [-0.2, -0.15) is 0 Å². The van der Waals surface area contributed by atoms with Crippen molar-refractivity contribution in [2.45, 2.75) is 43.1 Å². The van der Waals surface area contributed by atoms with Crippen LogP contribution in [0, 0.1) is 0 Å².